The van der Waals surface area contributed by atoms with Gasteiger partial charge in [0.25, 0.3) is 0 Å². The SMILES string of the molecule is N[C@@H](Cc1cnc[nH]1)c1nncn1C1CCCCC1. The molecule has 6 nitrogen and oxygen atoms in total. The Morgan fingerprint density at radius 2 is 2.21 bits per heavy atom. The summed E-state index contributed by atoms with van der Waals surface area (Å²) in [6.07, 6.45) is 12.4. The number of hydrogen-bond acceptors (Lipinski definition) is 4. The summed E-state index contributed by atoms with van der Waals surface area (Å²) in [5, 5.41) is 8.28. The minimum absolute atomic E-state index is 0.134. The van der Waals surface area contributed by atoms with Crippen LogP contribution in [0.4, 0.5) is 0 Å². The van der Waals surface area contributed by atoms with E-state index < -0.39 is 0 Å². The zero-order chi connectivity index (χ0) is 13.1. The van der Waals surface area contributed by atoms with E-state index in [1.807, 2.05) is 6.33 Å². The number of nitrogens with two attached hydrogens (primary N) is 1. The summed E-state index contributed by atoms with van der Waals surface area (Å²) in [7, 11) is 0. The number of H-pyrrole nitrogens is 1. The summed E-state index contributed by atoms with van der Waals surface area (Å²) < 4.78 is 2.18. The lowest BCUT2D eigenvalue weighted by Gasteiger charge is -2.25. The largest absolute Gasteiger partial charge is 0.348 e. The fourth-order valence-corrected chi connectivity index (χ4v) is 2.88. The van der Waals surface area contributed by atoms with Gasteiger partial charge in [0.05, 0.1) is 12.4 Å². The molecule has 1 fully saturated rings. The van der Waals surface area contributed by atoms with E-state index in [-0.39, 0.29) is 6.04 Å². The van der Waals surface area contributed by atoms with Crippen molar-refractivity contribution in [2.45, 2.75) is 50.6 Å². The van der Waals surface area contributed by atoms with E-state index in [0.29, 0.717) is 12.5 Å². The van der Waals surface area contributed by atoms with Crippen molar-refractivity contribution < 1.29 is 0 Å². The molecule has 102 valence electrons. The molecular formula is C13H20N6. The van der Waals surface area contributed by atoms with Gasteiger partial charge in [-0.05, 0) is 12.8 Å². The van der Waals surface area contributed by atoms with Crippen molar-refractivity contribution in [3.05, 3.63) is 30.4 Å². The van der Waals surface area contributed by atoms with Gasteiger partial charge in [-0.1, -0.05) is 19.3 Å². The van der Waals surface area contributed by atoms with E-state index in [2.05, 4.69) is 24.7 Å². The summed E-state index contributed by atoms with van der Waals surface area (Å²) in [4.78, 5) is 7.10. The summed E-state index contributed by atoms with van der Waals surface area (Å²) in [5.74, 6) is 0.890. The fourth-order valence-electron chi connectivity index (χ4n) is 2.88. The van der Waals surface area contributed by atoms with E-state index in [1.54, 1.807) is 12.5 Å². The molecule has 1 aliphatic carbocycles. The van der Waals surface area contributed by atoms with E-state index in [9.17, 15) is 0 Å². The average Bonchev–Trinajstić information content (AvgIpc) is 3.10. The molecule has 6 heteroatoms. The molecule has 2 aromatic heterocycles. The Morgan fingerprint density at radius 1 is 1.37 bits per heavy atom. The van der Waals surface area contributed by atoms with Crippen LogP contribution in [-0.2, 0) is 6.42 Å². The van der Waals surface area contributed by atoms with Gasteiger partial charge >= 0.3 is 0 Å². The molecule has 1 saturated carbocycles. The summed E-state index contributed by atoms with van der Waals surface area (Å²) >= 11 is 0. The Bertz CT molecular complexity index is 497. The Kier molecular flexibility index (Phi) is 3.59. The van der Waals surface area contributed by atoms with Crippen molar-refractivity contribution in [3.63, 3.8) is 0 Å². The Balaban J connectivity index is 1.75. The quantitative estimate of drug-likeness (QED) is 0.877. The zero-order valence-electron chi connectivity index (χ0n) is 11.0. The third-order valence-electron chi connectivity index (χ3n) is 3.90. The highest BCUT2D eigenvalue weighted by molar-refractivity contribution is 5.04. The van der Waals surface area contributed by atoms with Gasteiger partial charge in [0, 0.05) is 24.4 Å². The van der Waals surface area contributed by atoms with Gasteiger partial charge in [-0.3, -0.25) is 0 Å². The third kappa shape index (κ3) is 2.68. The monoisotopic (exact) mass is 260 g/mol. The lowest BCUT2D eigenvalue weighted by Crippen LogP contribution is -2.22. The van der Waals surface area contributed by atoms with Crippen molar-refractivity contribution in [2.24, 2.45) is 5.73 Å². The molecule has 1 aliphatic rings. The number of nitrogens with one attached hydrogen (secondary N) is 1. The van der Waals surface area contributed by atoms with Crippen LogP contribution in [0.25, 0.3) is 0 Å². The second kappa shape index (κ2) is 5.52. The van der Waals surface area contributed by atoms with E-state index >= 15 is 0 Å². The molecule has 0 radical (unpaired) electrons. The third-order valence-corrected chi connectivity index (χ3v) is 3.90. The molecule has 0 spiro atoms. The second-order valence-corrected chi connectivity index (χ2v) is 5.28. The van der Waals surface area contributed by atoms with E-state index in [0.717, 1.165) is 11.5 Å². The topological polar surface area (TPSA) is 85.4 Å². The van der Waals surface area contributed by atoms with Crippen molar-refractivity contribution in [1.29, 1.82) is 0 Å². The van der Waals surface area contributed by atoms with Crippen molar-refractivity contribution in [3.8, 4) is 0 Å². The molecule has 0 aromatic carbocycles. The molecule has 3 N–H and O–H groups in total. The maximum absolute atomic E-state index is 6.27. The number of aromatic nitrogens is 5. The zero-order valence-corrected chi connectivity index (χ0v) is 11.0. The van der Waals surface area contributed by atoms with Crippen LogP contribution in [0, 0.1) is 0 Å². The smallest absolute Gasteiger partial charge is 0.150 e. The van der Waals surface area contributed by atoms with Crippen LogP contribution in [-0.4, -0.2) is 24.7 Å². The Labute approximate surface area is 112 Å². The van der Waals surface area contributed by atoms with Crippen LogP contribution < -0.4 is 5.73 Å². The van der Waals surface area contributed by atoms with Gasteiger partial charge < -0.3 is 15.3 Å². The van der Waals surface area contributed by atoms with Crippen molar-refractivity contribution >= 4 is 0 Å². The molecule has 3 rings (SSSR count). The number of hydrogen-bond donors (Lipinski definition) is 2. The molecule has 0 aliphatic heterocycles. The molecule has 2 aromatic rings. The summed E-state index contributed by atoms with van der Waals surface area (Å²) in [5.41, 5.74) is 7.30. The number of imidazole rings is 1. The maximum Gasteiger partial charge on any atom is 0.150 e. The highest BCUT2D eigenvalue weighted by atomic mass is 15.3. The predicted octanol–water partition coefficient (Wildman–Crippen LogP) is 1.75. The lowest BCUT2D eigenvalue weighted by atomic mass is 9.95. The molecule has 2 heterocycles. The molecule has 0 saturated heterocycles. The minimum Gasteiger partial charge on any atom is -0.348 e. The summed E-state index contributed by atoms with van der Waals surface area (Å²) in [6, 6.07) is 0.386. The molecule has 1 atom stereocenters. The first kappa shape index (κ1) is 12.3. The van der Waals surface area contributed by atoms with Gasteiger partial charge in [-0.25, -0.2) is 4.98 Å². The number of nitrogens with zero attached hydrogens (tertiary/aromatic N) is 4. The Hall–Kier alpha value is -1.69. The molecule has 19 heavy (non-hydrogen) atoms. The van der Waals surface area contributed by atoms with E-state index in [1.165, 1.54) is 32.1 Å². The first-order valence-electron chi connectivity index (χ1n) is 6.97. The van der Waals surface area contributed by atoms with Gasteiger partial charge in [-0.15, -0.1) is 10.2 Å². The molecule has 0 unspecified atom stereocenters. The molecule has 0 amide bonds. The van der Waals surface area contributed by atoms with Crippen LogP contribution >= 0.6 is 0 Å². The highest BCUT2D eigenvalue weighted by Gasteiger charge is 2.22. The summed E-state index contributed by atoms with van der Waals surface area (Å²) in [6.45, 7) is 0. The van der Waals surface area contributed by atoms with Crippen LogP contribution in [0.5, 0.6) is 0 Å². The second-order valence-electron chi connectivity index (χ2n) is 5.28. The average molecular weight is 260 g/mol. The standard InChI is InChI=1S/C13H20N6/c14-12(6-10-7-15-8-16-10)13-18-17-9-19(13)11-4-2-1-3-5-11/h7-9,11-12H,1-6,14H2,(H,15,16)/t12-/m0/s1. The van der Waals surface area contributed by atoms with Crippen molar-refractivity contribution in [2.75, 3.05) is 0 Å². The first-order chi connectivity index (χ1) is 9.34. The first-order valence-corrected chi connectivity index (χ1v) is 6.97. The van der Waals surface area contributed by atoms with Gasteiger partial charge in [-0.2, -0.15) is 0 Å². The normalized spacial score (nSPS) is 18.6. The van der Waals surface area contributed by atoms with Crippen molar-refractivity contribution in [1.82, 2.24) is 24.7 Å². The number of rotatable bonds is 4. The maximum atomic E-state index is 6.27. The van der Waals surface area contributed by atoms with Crippen LogP contribution in [0.2, 0.25) is 0 Å². The predicted molar refractivity (Wildman–Crippen MR) is 71.4 cm³/mol. The van der Waals surface area contributed by atoms with Crippen LogP contribution in [0.1, 0.15) is 55.7 Å². The van der Waals surface area contributed by atoms with Crippen LogP contribution in [0.3, 0.4) is 0 Å². The van der Waals surface area contributed by atoms with Gasteiger partial charge in [0.2, 0.25) is 0 Å². The van der Waals surface area contributed by atoms with Gasteiger partial charge in [0.15, 0.2) is 0 Å². The minimum atomic E-state index is -0.134. The fraction of sp³-hybridized carbons (Fsp3) is 0.615. The van der Waals surface area contributed by atoms with Crippen LogP contribution in [0.15, 0.2) is 18.9 Å². The number of aromatic amines is 1. The molecule has 0 bridgehead atoms. The van der Waals surface area contributed by atoms with E-state index in [4.69, 9.17) is 5.73 Å². The molecular weight excluding hydrogens is 240 g/mol. The van der Waals surface area contributed by atoms with Gasteiger partial charge in [0.1, 0.15) is 12.2 Å². The Morgan fingerprint density at radius 3 is 2.95 bits per heavy atom. The lowest BCUT2D eigenvalue weighted by molar-refractivity contribution is 0.340. The highest BCUT2D eigenvalue weighted by Crippen LogP contribution is 2.29.